The minimum Gasteiger partial charge on any atom is -0.496 e. The molecule has 1 saturated heterocycles. The van der Waals surface area contributed by atoms with E-state index < -0.39 is 0 Å². The number of ether oxygens (including phenoxy) is 3. The molecule has 0 spiro atoms. The number of morpholine rings is 1. The largest absolute Gasteiger partial charge is 0.496 e. The van der Waals surface area contributed by atoms with Crippen molar-refractivity contribution in [1.29, 1.82) is 0 Å². The molecule has 2 heterocycles. The lowest BCUT2D eigenvalue weighted by atomic mass is 10.2. The van der Waals surface area contributed by atoms with Crippen LogP contribution in [0.15, 0.2) is 18.2 Å². The van der Waals surface area contributed by atoms with Crippen molar-refractivity contribution in [1.82, 2.24) is 20.3 Å². The molecule has 1 aliphatic heterocycles. The van der Waals surface area contributed by atoms with Crippen molar-refractivity contribution < 1.29 is 19.0 Å². The highest BCUT2D eigenvalue weighted by Gasteiger charge is 2.18. The number of carbonyl (C=O) groups excluding carboxylic acids is 1. The maximum absolute atomic E-state index is 12.5. The van der Waals surface area contributed by atoms with E-state index in [2.05, 4.69) is 20.3 Å². The van der Waals surface area contributed by atoms with Gasteiger partial charge in [-0.15, -0.1) is 0 Å². The van der Waals surface area contributed by atoms with Gasteiger partial charge in [-0.05, 0) is 18.2 Å². The Morgan fingerprint density at radius 1 is 1.22 bits per heavy atom. The summed E-state index contributed by atoms with van der Waals surface area (Å²) in [4.78, 5) is 27.4. The number of methoxy groups -OCH3 is 2. The lowest BCUT2D eigenvalue weighted by molar-refractivity contribution is 0.0946. The predicted octanol–water partition coefficient (Wildman–Crippen LogP) is 1.31. The van der Waals surface area contributed by atoms with Crippen LogP contribution in [0.4, 0.5) is 5.95 Å². The van der Waals surface area contributed by atoms with E-state index in [1.807, 2.05) is 4.90 Å². The van der Waals surface area contributed by atoms with Crippen molar-refractivity contribution in [2.75, 3.05) is 45.4 Å². The van der Waals surface area contributed by atoms with Crippen LogP contribution in [0.25, 0.3) is 0 Å². The molecule has 1 amide bonds. The van der Waals surface area contributed by atoms with Crippen LogP contribution in [0.5, 0.6) is 11.8 Å². The fourth-order valence-corrected chi connectivity index (χ4v) is 2.75. The summed E-state index contributed by atoms with van der Waals surface area (Å²) in [6, 6.07) is 5.03. The molecule has 0 unspecified atom stereocenters. The van der Waals surface area contributed by atoms with Gasteiger partial charge >= 0.3 is 6.01 Å². The van der Waals surface area contributed by atoms with Gasteiger partial charge in [-0.2, -0.15) is 15.0 Å². The lowest BCUT2D eigenvalue weighted by Gasteiger charge is -2.26. The van der Waals surface area contributed by atoms with Crippen LogP contribution in [-0.2, 0) is 11.3 Å². The zero-order valence-electron chi connectivity index (χ0n) is 15.1. The van der Waals surface area contributed by atoms with E-state index in [-0.39, 0.29) is 18.5 Å². The third-order valence-corrected chi connectivity index (χ3v) is 4.17. The van der Waals surface area contributed by atoms with Gasteiger partial charge in [0.15, 0.2) is 5.82 Å². The van der Waals surface area contributed by atoms with Crippen molar-refractivity contribution in [3.8, 4) is 11.8 Å². The predicted molar refractivity (Wildman–Crippen MR) is 98.6 cm³/mol. The number of hydrogen-bond donors (Lipinski definition) is 1. The van der Waals surface area contributed by atoms with Gasteiger partial charge in [-0.3, -0.25) is 4.79 Å². The zero-order chi connectivity index (χ0) is 19.2. The number of hydrogen-bond acceptors (Lipinski definition) is 8. The van der Waals surface area contributed by atoms with Crippen LogP contribution in [0, 0.1) is 0 Å². The van der Waals surface area contributed by atoms with Gasteiger partial charge in [-0.25, -0.2) is 0 Å². The minimum absolute atomic E-state index is 0.102. The van der Waals surface area contributed by atoms with Gasteiger partial charge < -0.3 is 24.4 Å². The third kappa shape index (κ3) is 4.75. The van der Waals surface area contributed by atoms with Gasteiger partial charge in [0.1, 0.15) is 5.75 Å². The van der Waals surface area contributed by atoms with E-state index in [1.54, 1.807) is 18.2 Å². The molecule has 0 atom stereocenters. The summed E-state index contributed by atoms with van der Waals surface area (Å²) in [6.07, 6.45) is 0. The Kier molecular flexibility index (Phi) is 6.25. The second-order valence-corrected chi connectivity index (χ2v) is 6.10. The fraction of sp³-hybridized carbons (Fsp3) is 0.412. The molecule has 2 aromatic rings. The van der Waals surface area contributed by atoms with Gasteiger partial charge in [0.25, 0.3) is 5.91 Å². The molecule has 1 aromatic heterocycles. The quantitative estimate of drug-likeness (QED) is 0.784. The minimum atomic E-state index is -0.346. The lowest BCUT2D eigenvalue weighted by Crippen LogP contribution is -2.37. The molecule has 1 N–H and O–H groups in total. The molecule has 10 heteroatoms. The van der Waals surface area contributed by atoms with Crippen LogP contribution in [-0.4, -0.2) is 61.4 Å². The van der Waals surface area contributed by atoms with Crippen LogP contribution >= 0.6 is 11.6 Å². The molecule has 9 nitrogen and oxygen atoms in total. The molecule has 144 valence electrons. The third-order valence-electron chi connectivity index (χ3n) is 3.94. The molecule has 3 rings (SSSR count). The first-order chi connectivity index (χ1) is 13.1. The number of carbonyl (C=O) groups is 1. The van der Waals surface area contributed by atoms with Crippen molar-refractivity contribution in [2.24, 2.45) is 0 Å². The number of nitrogens with zero attached hydrogens (tertiary/aromatic N) is 4. The normalized spacial score (nSPS) is 14.0. The summed E-state index contributed by atoms with van der Waals surface area (Å²) < 4.78 is 15.7. The van der Waals surface area contributed by atoms with Gasteiger partial charge in [-0.1, -0.05) is 11.6 Å². The molecular formula is C17H20ClN5O4. The molecular weight excluding hydrogens is 374 g/mol. The number of benzene rings is 1. The smallest absolute Gasteiger partial charge is 0.321 e. The van der Waals surface area contributed by atoms with Crippen LogP contribution < -0.4 is 19.7 Å². The highest BCUT2D eigenvalue weighted by atomic mass is 35.5. The monoisotopic (exact) mass is 393 g/mol. The Bertz CT molecular complexity index is 814. The standard InChI is InChI=1S/C17H20ClN5O4/c1-25-13-4-3-11(18)9-12(13)15(24)19-10-14-20-16(22-17(21-14)26-2)23-5-7-27-8-6-23/h3-4,9H,5-8,10H2,1-2H3,(H,19,24). The Hall–Kier alpha value is -2.65. The number of rotatable bonds is 6. The highest BCUT2D eigenvalue weighted by Crippen LogP contribution is 2.22. The summed E-state index contributed by atoms with van der Waals surface area (Å²) in [5.74, 6) is 0.966. The van der Waals surface area contributed by atoms with Crippen molar-refractivity contribution >= 4 is 23.5 Å². The van der Waals surface area contributed by atoms with E-state index in [1.165, 1.54) is 14.2 Å². The first kappa shape index (κ1) is 19.1. The topological polar surface area (TPSA) is 98.7 Å². The highest BCUT2D eigenvalue weighted by molar-refractivity contribution is 6.31. The molecule has 0 aliphatic carbocycles. The van der Waals surface area contributed by atoms with E-state index in [0.29, 0.717) is 54.4 Å². The average Bonchev–Trinajstić information content (AvgIpc) is 2.72. The molecule has 1 aliphatic rings. The van der Waals surface area contributed by atoms with E-state index >= 15 is 0 Å². The molecule has 1 aromatic carbocycles. The van der Waals surface area contributed by atoms with Gasteiger partial charge in [0.2, 0.25) is 5.95 Å². The van der Waals surface area contributed by atoms with E-state index in [4.69, 9.17) is 25.8 Å². The van der Waals surface area contributed by atoms with E-state index in [9.17, 15) is 4.79 Å². The summed E-state index contributed by atoms with van der Waals surface area (Å²) in [7, 11) is 2.98. The first-order valence-corrected chi connectivity index (χ1v) is 8.72. The zero-order valence-corrected chi connectivity index (χ0v) is 15.8. The summed E-state index contributed by atoms with van der Waals surface area (Å²) in [6.45, 7) is 2.67. The summed E-state index contributed by atoms with van der Waals surface area (Å²) in [5, 5.41) is 3.21. The second-order valence-electron chi connectivity index (χ2n) is 5.67. The van der Waals surface area contributed by atoms with Crippen molar-refractivity contribution in [3.05, 3.63) is 34.6 Å². The molecule has 0 saturated carbocycles. The number of halogens is 1. The SMILES string of the molecule is COc1nc(CNC(=O)c2cc(Cl)ccc2OC)nc(N2CCOCC2)n1. The maximum Gasteiger partial charge on any atom is 0.321 e. The number of amides is 1. The number of nitrogens with one attached hydrogen (secondary N) is 1. The summed E-state index contributed by atoms with van der Waals surface area (Å²) >= 11 is 5.98. The average molecular weight is 394 g/mol. The number of aromatic nitrogens is 3. The molecule has 0 bridgehead atoms. The molecule has 0 radical (unpaired) electrons. The van der Waals surface area contributed by atoms with Crippen LogP contribution in [0.2, 0.25) is 5.02 Å². The Balaban J connectivity index is 1.75. The fourth-order valence-electron chi connectivity index (χ4n) is 2.57. The second kappa shape index (κ2) is 8.83. The van der Waals surface area contributed by atoms with Crippen LogP contribution in [0.3, 0.4) is 0 Å². The Labute approximate surface area is 161 Å². The first-order valence-electron chi connectivity index (χ1n) is 8.34. The van der Waals surface area contributed by atoms with Crippen molar-refractivity contribution in [3.63, 3.8) is 0 Å². The molecule has 1 fully saturated rings. The van der Waals surface area contributed by atoms with E-state index in [0.717, 1.165) is 0 Å². The number of anilines is 1. The van der Waals surface area contributed by atoms with Gasteiger partial charge in [0, 0.05) is 18.1 Å². The molecule has 27 heavy (non-hydrogen) atoms. The van der Waals surface area contributed by atoms with Crippen LogP contribution in [0.1, 0.15) is 16.2 Å². The maximum atomic E-state index is 12.5. The Morgan fingerprint density at radius 3 is 2.70 bits per heavy atom. The summed E-state index contributed by atoms with van der Waals surface area (Å²) in [5.41, 5.74) is 0.333. The van der Waals surface area contributed by atoms with Crippen molar-refractivity contribution in [2.45, 2.75) is 6.54 Å². The van der Waals surface area contributed by atoms with Gasteiger partial charge in [0.05, 0.1) is 39.5 Å². The Morgan fingerprint density at radius 2 is 2.00 bits per heavy atom.